The molecule has 1 amide bonds. The highest BCUT2D eigenvalue weighted by Crippen LogP contribution is 2.40. The molecule has 9 nitrogen and oxygen atoms in total. The van der Waals surface area contributed by atoms with Crippen molar-refractivity contribution < 1.29 is 24.3 Å². The van der Waals surface area contributed by atoms with Crippen LogP contribution in [0.1, 0.15) is 49.6 Å². The third kappa shape index (κ3) is 7.73. The predicted molar refractivity (Wildman–Crippen MR) is 164 cm³/mol. The molecule has 3 aromatic carbocycles. The molecule has 0 saturated carbocycles. The normalized spacial score (nSPS) is 11.9. The Morgan fingerprint density at radius 2 is 1.40 bits per heavy atom. The minimum atomic E-state index is -1.26. The number of hydrogen-bond donors (Lipinski definition) is 3. The predicted octanol–water partition coefficient (Wildman–Crippen LogP) is 6.27. The number of benzene rings is 3. The third-order valence-corrected chi connectivity index (χ3v) is 6.86. The fourth-order valence-corrected chi connectivity index (χ4v) is 5.08. The number of aromatic nitrogens is 1. The lowest BCUT2D eigenvalue weighted by Gasteiger charge is -2.36. The Morgan fingerprint density at radius 3 is 1.88 bits per heavy atom. The standard InChI is InChI=1S/C32H34N4O5S/c1-31(2,3)41-30(39)33-20-13-21-40-36-27(28(37)38)26-22-42-29(34-26)35-32(23-14-7-4-8-15-23,24-16-9-5-10-17-24)25-18-11-6-12-19-25/h4-12,14-19,22H,13,20-21H2,1-3H3,(H,33,39)(H,34,35)(H,37,38)/b36-27-. The van der Waals surface area contributed by atoms with E-state index in [1.165, 1.54) is 11.3 Å². The van der Waals surface area contributed by atoms with Gasteiger partial charge in [0, 0.05) is 18.3 Å². The summed E-state index contributed by atoms with van der Waals surface area (Å²) in [6.07, 6.45) is -0.120. The van der Waals surface area contributed by atoms with Crippen molar-refractivity contribution in [1.29, 1.82) is 0 Å². The fourth-order valence-electron chi connectivity index (χ4n) is 4.33. The summed E-state index contributed by atoms with van der Waals surface area (Å²) >= 11 is 1.28. The number of anilines is 1. The summed E-state index contributed by atoms with van der Waals surface area (Å²) < 4.78 is 5.18. The molecule has 0 spiro atoms. The van der Waals surface area contributed by atoms with E-state index in [1.807, 2.05) is 54.6 Å². The average Bonchev–Trinajstić information content (AvgIpc) is 3.43. The van der Waals surface area contributed by atoms with Gasteiger partial charge in [0.05, 0.1) is 0 Å². The number of amides is 1. The molecule has 3 N–H and O–H groups in total. The highest BCUT2D eigenvalue weighted by Gasteiger charge is 2.37. The number of hydrogen-bond acceptors (Lipinski definition) is 8. The number of nitrogens with zero attached hydrogens (tertiary/aromatic N) is 2. The van der Waals surface area contributed by atoms with Crippen LogP contribution in [0, 0.1) is 0 Å². The number of aliphatic carboxylic acids is 1. The van der Waals surface area contributed by atoms with Gasteiger partial charge in [0.2, 0.25) is 5.71 Å². The van der Waals surface area contributed by atoms with Gasteiger partial charge in [-0.15, -0.1) is 11.3 Å². The molecule has 218 valence electrons. The Bertz CT molecular complexity index is 1390. The van der Waals surface area contributed by atoms with Gasteiger partial charge in [-0.2, -0.15) is 0 Å². The topological polar surface area (TPSA) is 122 Å². The van der Waals surface area contributed by atoms with Crippen LogP contribution in [0.2, 0.25) is 0 Å². The Hall–Kier alpha value is -4.70. The molecule has 0 radical (unpaired) electrons. The number of rotatable bonds is 12. The van der Waals surface area contributed by atoms with Crippen LogP contribution in [0.15, 0.2) is 102 Å². The van der Waals surface area contributed by atoms with Crippen LogP contribution in [0.25, 0.3) is 0 Å². The largest absolute Gasteiger partial charge is 0.476 e. The second kappa shape index (κ2) is 13.8. The molecule has 0 saturated heterocycles. The number of oxime groups is 1. The Kier molecular flexibility index (Phi) is 9.93. The van der Waals surface area contributed by atoms with Gasteiger partial charge in [-0.05, 0) is 37.5 Å². The van der Waals surface area contributed by atoms with Crippen molar-refractivity contribution in [3.63, 3.8) is 0 Å². The summed E-state index contributed by atoms with van der Waals surface area (Å²) in [6.45, 7) is 5.73. The zero-order chi connectivity index (χ0) is 30.0. The maximum atomic E-state index is 12.1. The van der Waals surface area contributed by atoms with E-state index in [4.69, 9.17) is 9.57 Å². The zero-order valence-corrected chi connectivity index (χ0v) is 24.6. The number of carbonyl (C=O) groups is 2. The molecule has 10 heteroatoms. The second-order valence-electron chi connectivity index (χ2n) is 10.4. The number of thiazole rings is 1. The van der Waals surface area contributed by atoms with Gasteiger partial charge in [0.1, 0.15) is 23.4 Å². The van der Waals surface area contributed by atoms with Crippen molar-refractivity contribution in [2.45, 2.75) is 38.3 Å². The maximum Gasteiger partial charge on any atom is 0.407 e. The minimum absolute atomic E-state index is 0.0982. The first-order valence-electron chi connectivity index (χ1n) is 13.5. The molecule has 4 rings (SSSR count). The number of carboxylic acids is 1. The van der Waals surface area contributed by atoms with E-state index in [-0.39, 0.29) is 24.6 Å². The molecule has 0 aliphatic rings. The summed E-state index contributed by atoms with van der Waals surface area (Å²) in [5.74, 6) is -1.26. The van der Waals surface area contributed by atoms with Crippen molar-refractivity contribution in [1.82, 2.24) is 10.3 Å². The first kappa shape index (κ1) is 30.3. The van der Waals surface area contributed by atoms with E-state index in [9.17, 15) is 14.7 Å². The highest BCUT2D eigenvalue weighted by atomic mass is 32.1. The van der Waals surface area contributed by atoms with Crippen molar-refractivity contribution in [2.75, 3.05) is 18.5 Å². The lowest BCUT2D eigenvalue weighted by molar-refractivity contribution is -0.129. The van der Waals surface area contributed by atoms with E-state index in [1.54, 1.807) is 26.2 Å². The van der Waals surface area contributed by atoms with E-state index < -0.39 is 23.2 Å². The molecular weight excluding hydrogens is 552 g/mol. The van der Waals surface area contributed by atoms with Crippen LogP contribution in [0.4, 0.5) is 9.93 Å². The fraction of sp³-hybridized carbons (Fsp3) is 0.250. The SMILES string of the molecule is CC(C)(C)OC(=O)NCCCO/N=C(\C(=O)O)c1csc(NC(c2ccccc2)(c2ccccc2)c2ccccc2)n1. The van der Waals surface area contributed by atoms with Crippen LogP contribution in [0.3, 0.4) is 0 Å². The Balaban J connectivity index is 1.55. The molecule has 4 aromatic rings. The first-order chi connectivity index (χ1) is 20.2. The summed E-state index contributed by atoms with van der Waals surface area (Å²) in [7, 11) is 0. The molecule has 0 aliphatic carbocycles. The summed E-state index contributed by atoms with van der Waals surface area (Å²) in [6, 6.07) is 30.1. The van der Waals surface area contributed by atoms with Gasteiger partial charge in [-0.3, -0.25) is 0 Å². The van der Waals surface area contributed by atoms with Crippen LogP contribution >= 0.6 is 11.3 Å². The van der Waals surface area contributed by atoms with E-state index >= 15 is 0 Å². The molecule has 0 fully saturated rings. The number of ether oxygens (including phenoxy) is 1. The Labute approximate surface area is 249 Å². The van der Waals surface area contributed by atoms with Crippen molar-refractivity contribution in [2.24, 2.45) is 5.16 Å². The highest BCUT2D eigenvalue weighted by molar-refractivity contribution is 7.14. The monoisotopic (exact) mass is 586 g/mol. The molecule has 0 atom stereocenters. The van der Waals surface area contributed by atoms with Gasteiger partial charge in [0.25, 0.3) is 0 Å². The molecule has 0 unspecified atom stereocenters. The van der Waals surface area contributed by atoms with Gasteiger partial charge >= 0.3 is 12.1 Å². The van der Waals surface area contributed by atoms with Crippen LogP contribution in [-0.2, 0) is 19.9 Å². The molecule has 0 aliphatic heterocycles. The maximum absolute atomic E-state index is 12.1. The van der Waals surface area contributed by atoms with Gasteiger partial charge < -0.3 is 25.3 Å². The Morgan fingerprint density at radius 1 is 0.881 bits per heavy atom. The van der Waals surface area contributed by atoms with Gasteiger partial charge in [-0.1, -0.05) is 96.2 Å². The average molecular weight is 587 g/mol. The van der Waals surface area contributed by atoms with Crippen LogP contribution < -0.4 is 10.6 Å². The summed E-state index contributed by atoms with van der Waals surface area (Å²) in [4.78, 5) is 33.7. The van der Waals surface area contributed by atoms with Crippen molar-refractivity contribution in [3.05, 3.63) is 119 Å². The number of carbonyl (C=O) groups excluding carboxylic acids is 1. The number of nitrogens with one attached hydrogen (secondary N) is 2. The molecule has 0 bridgehead atoms. The summed E-state index contributed by atoms with van der Waals surface area (Å²) in [5, 5.41) is 22.1. The number of carboxylic acid groups (broad SMARTS) is 1. The van der Waals surface area contributed by atoms with Crippen LogP contribution in [-0.4, -0.2) is 46.6 Å². The molecule has 1 aromatic heterocycles. The molecule has 42 heavy (non-hydrogen) atoms. The lowest BCUT2D eigenvalue weighted by Crippen LogP contribution is -2.38. The van der Waals surface area contributed by atoms with E-state index in [2.05, 4.69) is 57.2 Å². The zero-order valence-electron chi connectivity index (χ0n) is 23.7. The van der Waals surface area contributed by atoms with Gasteiger partial charge in [0.15, 0.2) is 5.13 Å². The third-order valence-electron chi connectivity index (χ3n) is 6.10. The van der Waals surface area contributed by atoms with Gasteiger partial charge in [-0.25, -0.2) is 14.6 Å². The smallest absolute Gasteiger partial charge is 0.407 e. The minimum Gasteiger partial charge on any atom is -0.476 e. The second-order valence-corrected chi connectivity index (χ2v) is 11.2. The molecule has 1 heterocycles. The van der Waals surface area contributed by atoms with Crippen molar-refractivity contribution >= 4 is 34.2 Å². The van der Waals surface area contributed by atoms with Crippen molar-refractivity contribution in [3.8, 4) is 0 Å². The number of alkyl carbamates (subject to hydrolysis) is 1. The summed E-state index contributed by atoms with van der Waals surface area (Å²) in [5.41, 5.74) is 1.44. The van der Waals surface area contributed by atoms with E-state index in [0.717, 1.165) is 16.7 Å². The van der Waals surface area contributed by atoms with E-state index in [0.29, 0.717) is 11.6 Å². The first-order valence-corrected chi connectivity index (χ1v) is 14.4. The quantitative estimate of drug-likeness (QED) is 0.0774. The van der Waals surface area contributed by atoms with Crippen LogP contribution in [0.5, 0.6) is 0 Å². The lowest BCUT2D eigenvalue weighted by atomic mass is 9.77. The molecular formula is C32H34N4O5S.